The van der Waals surface area contributed by atoms with Crippen LogP contribution < -0.4 is 5.43 Å². The Labute approximate surface area is 157 Å². The number of amides is 1. The summed E-state index contributed by atoms with van der Waals surface area (Å²) < 4.78 is 0. The molecule has 130 valence electrons. The number of nitrogens with zero attached hydrogens (tertiary/aromatic N) is 2. The fraction of sp³-hybridized carbons (Fsp3) is 0.0952. The third-order valence-corrected chi connectivity index (χ3v) is 4.76. The predicted molar refractivity (Wildman–Crippen MR) is 107 cm³/mol. The summed E-state index contributed by atoms with van der Waals surface area (Å²) in [5.41, 5.74) is 6.53. The van der Waals surface area contributed by atoms with Crippen molar-refractivity contribution in [2.24, 2.45) is 5.10 Å². The molecule has 1 N–H and O–H groups in total. The molecule has 5 heteroatoms. The van der Waals surface area contributed by atoms with Crippen LogP contribution in [0, 0.1) is 0 Å². The van der Waals surface area contributed by atoms with Gasteiger partial charge in [-0.25, -0.2) is 5.43 Å². The Hall–Kier alpha value is -2.92. The smallest absolute Gasteiger partial charge is 0.267 e. The molecule has 0 unspecified atom stereocenters. The third-order valence-electron chi connectivity index (χ3n) is 3.68. The first kappa shape index (κ1) is 17.9. The molecular weight excluding hydrogens is 342 g/mol. The molecule has 0 saturated heterocycles. The maximum Gasteiger partial charge on any atom is 0.271 e. The van der Waals surface area contributed by atoms with Gasteiger partial charge in [0, 0.05) is 29.5 Å². The number of hydrazone groups is 1. The lowest BCUT2D eigenvalue weighted by atomic mass is 10.1. The number of carbonyl (C=O) groups is 1. The van der Waals surface area contributed by atoms with Crippen molar-refractivity contribution in [3.8, 4) is 0 Å². The van der Waals surface area contributed by atoms with Crippen LogP contribution in [0.15, 0.2) is 84.2 Å². The van der Waals surface area contributed by atoms with Crippen molar-refractivity contribution in [3.63, 3.8) is 0 Å². The Kier molecular flexibility index (Phi) is 6.56. The highest BCUT2D eigenvalue weighted by molar-refractivity contribution is 7.97. The van der Waals surface area contributed by atoms with E-state index in [0.29, 0.717) is 5.56 Å². The van der Waals surface area contributed by atoms with E-state index in [4.69, 9.17) is 0 Å². The van der Waals surface area contributed by atoms with Crippen LogP contribution in [-0.4, -0.2) is 17.1 Å². The zero-order valence-corrected chi connectivity index (χ0v) is 15.0. The highest BCUT2D eigenvalue weighted by Crippen LogP contribution is 2.18. The average Bonchev–Trinajstić information content (AvgIpc) is 2.70. The fourth-order valence-corrected chi connectivity index (χ4v) is 3.25. The Balaban J connectivity index is 1.47. The summed E-state index contributed by atoms with van der Waals surface area (Å²) in [4.78, 5) is 16.0. The molecule has 4 nitrogen and oxygen atoms in total. The summed E-state index contributed by atoms with van der Waals surface area (Å²) in [6.07, 6.45) is 4.95. The summed E-state index contributed by atoms with van der Waals surface area (Å²) >= 11 is 1.86. The van der Waals surface area contributed by atoms with Gasteiger partial charge in [-0.15, -0.1) is 0 Å². The minimum atomic E-state index is -0.223. The average molecular weight is 361 g/mol. The van der Waals surface area contributed by atoms with E-state index in [1.165, 1.54) is 11.1 Å². The zero-order valence-electron chi connectivity index (χ0n) is 14.2. The van der Waals surface area contributed by atoms with E-state index in [2.05, 4.69) is 39.8 Å². The van der Waals surface area contributed by atoms with Crippen LogP contribution in [-0.2, 0) is 11.5 Å². The predicted octanol–water partition coefficient (Wildman–Crippen LogP) is 4.28. The lowest BCUT2D eigenvalue weighted by Gasteiger charge is -2.04. The van der Waals surface area contributed by atoms with E-state index >= 15 is 0 Å². The van der Waals surface area contributed by atoms with E-state index in [-0.39, 0.29) is 5.91 Å². The molecule has 26 heavy (non-hydrogen) atoms. The minimum Gasteiger partial charge on any atom is -0.267 e. The van der Waals surface area contributed by atoms with Crippen LogP contribution in [0.2, 0.25) is 0 Å². The van der Waals surface area contributed by atoms with Gasteiger partial charge in [-0.3, -0.25) is 9.78 Å². The molecule has 2 aromatic carbocycles. The lowest BCUT2D eigenvalue weighted by molar-refractivity contribution is 0.0955. The quantitative estimate of drug-likeness (QED) is 0.505. The molecule has 0 bridgehead atoms. The van der Waals surface area contributed by atoms with Gasteiger partial charge >= 0.3 is 0 Å². The van der Waals surface area contributed by atoms with E-state index < -0.39 is 0 Å². The van der Waals surface area contributed by atoms with Crippen molar-refractivity contribution in [1.29, 1.82) is 0 Å². The SMILES string of the molecule is O=C(N/N=C/c1ccncc1)c1ccc(CSCc2ccccc2)cc1. The Morgan fingerprint density at radius 2 is 1.58 bits per heavy atom. The van der Waals surface area contributed by atoms with Gasteiger partial charge in [0.05, 0.1) is 6.21 Å². The monoisotopic (exact) mass is 361 g/mol. The molecule has 0 spiro atoms. The molecular formula is C21H19N3OS. The van der Waals surface area contributed by atoms with Gasteiger partial charge in [-0.2, -0.15) is 16.9 Å². The molecule has 0 saturated carbocycles. The lowest BCUT2D eigenvalue weighted by Crippen LogP contribution is -2.17. The minimum absolute atomic E-state index is 0.223. The maximum absolute atomic E-state index is 12.1. The molecule has 0 aliphatic carbocycles. The largest absolute Gasteiger partial charge is 0.271 e. The topological polar surface area (TPSA) is 54.4 Å². The first-order valence-corrected chi connectivity index (χ1v) is 9.41. The number of aromatic nitrogens is 1. The molecule has 0 aliphatic rings. The molecule has 3 rings (SSSR count). The van der Waals surface area contributed by atoms with Crippen LogP contribution in [0.1, 0.15) is 27.0 Å². The van der Waals surface area contributed by atoms with Crippen LogP contribution in [0.5, 0.6) is 0 Å². The highest BCUT2D eigenvalue weighted by atomic mass is 32.2. The normalized spacial score (nSPS) is 10.8. The van der Waals surface area contributed by atoms with E-state index in [1.54, 1.807) is 18.6 Å². The van der Waals surface area contributed by atoms with Crippen LogP contribution in [0.25, 0.3) is 0 Å². The molecule has 0 radical (unpaired) electrons. The van der Waals surface area contributed by atoms with Gasteiger partial charge in [0.25, 0.3) is 5.91 Å². The van der Waals surface area contributed by atoms with Gasteiger partial charge in [0.1, 0.15) is 0 Å². The number of thioether (sulfide) groups is 1. The van der Waals surface area contributed by atoms with Gasteiger partial charge in [0.2, 0.25) is 0 Å². The van der Waals surface area contributed by atoms with E-state index in [9.17, 15) is 4.79 Å². The molecule has 3 aromatic rings. The molecule has 1 heterocycles. The van der Waals surface area contributed by atoms with Crippen LogP contribution in [0.3, 0.4) is 0 Å². The first-order valence-electron chi connectivity index (χ1n) is 8.25. The number of nitrogens with one attached hydrogen (secondary N) is 1. The van der Waals surface area contributed by atoms with Gasteiger partial charge in [-0.1, -0.05) is 42.5 Å². The Morgan fingerprint density at radius 1 is 0.923 bits per heavy atom. The maximum atomic E-state index is 12.1. The van der Waals surface area contributed by atoms with Crippen molar-refractivity contribution >= 4 is 23.9 Å². The van der Waals surface area contributed by atoms with E-state index in [0.717, 1.165) is 17.1 Å². The number of hydrogen-bond donors (Lipinski definition) is 1. The van der Waals surface area contributed by atoms with Crippen LogP contribution in [0.4, 0.5) is 0 Å². The molecule has 0 aliphatic heterocycles. The second-order valence-electron chi connectivity index (χ2n) is 5.65. The first-order chi connectivity index (χ1) is 12.8. The van der Waals surface area contributed by atoms with Crippen LogP contribution >= 0.6 is 11.8 Å². The molecule has 0 fully saturated rings. The Bertz CT molecular complexity index is 849. The summed E-state index contributed by atoms with van der Waals surface area (Å²) in [7, 11) is 0. The van der Waals surface area contributed by atoms with Gasteiger partial charge < -0.3 is 0 Å². The molecule has 0 atom stereocenters. The highest BCUT2D eigenvalue weighted by Gasteiger charge is 2.04. The van der Waals surface area contributed by atoms with Crippen molar-refractivity contribution in [2.75, 3.05) is 0 Å². The summed E-state index contributed by atoms with van der Waals surface area (Å²) in [6.45, 7) is 0. The van der Waals surface area contributed by atoms with Crippen molar-refractivity contribution in [3.05, 3.63) is 101 Å². The molecule has 1 amide bonds. The van der Waals surface area contributed by atoms with Crippen molar-refractivity contribution < 1.29 is 4.79 Å². The molecule has 1 aromatic heterocycles. The number of rotatable bonds is 7. The number of carbonyl (C=O) groups excluding carboxylic acids is 1. The Morgan fingerprint density at radius 3 is 2.27 bits per heavy atom. The van der Waals surface area contributed by atoms with Gasteiger partial charge in [0.15, 0.2) is 0 Å². The summed E-state index contributed by atoms with van der Waals surface area (Å²) in [5, 5.41) is 3.97. The summed E-state index contributed by atoms with van der Waals surface area (Å²) in [5.74, 6) is 1.67. The summed E-state index contributed by atoms with van der Waals surface area (Å²) in [6, 6.07) is 21.7. The number of benzene rings is 2. The van der Waals surface area contributed by atoms with Crippen molar-refractivity contribution in [1.82, 2.24) is 10.4 Å². The van der Waals surface area contributed by atoms with Crippen molar-refractivity contribution in [2.45, 2.75) is 11.5 Å². The van der Waals surface area contributed by atoms with E-state index in [1.807, 2.05) is 54.2 Å². The second kappa shape index (κ2) is 9.53. The number of pyridine rings is 1. The zero-order chi connectivity index (χ0) is 18.0. The fourth-order valence-electron chi connectivity index (χ4n) is 2.29. The second-order valence-corrected chi connectivity index (χ2v) is 6.64. The van der Waals surface area contributed by atoms with Gasteiger partial charge in [-0.05, 0) is 41.0 Å². The number of hydrogen-bond acceptors (Lipinski definition) is 4. The standard InChI is InChI=1S/C21H19N3OS/c25-21(24-23-14-17-10-12-22-13-11-17)20-8-6-19(7-9-20)16-26-15-18-4-2-1-3-5-18/h1-14H,15-16H2,(H,24,25)/b23-14+. The third kappa shape index (κ3) is 5.57.